The summed E-state index contributed by atoms with van der Waals surface area (Å²) in [5.41, 5.74) is 6.02. The van der Waals surface area contributed by atoms with Crippen LogP contribution < -0.4 is 5.32 Å². The minimum atomic E-state index is -0.141. The van der Waals surface area contributed by atoms with E-state index >= 15 is 0 Å². The Morgan fingerprint density at radius 1 is 0.900 bits per heavy atom. The number of carbonyl (C=O) groups excluding carboxylic acids is 1. The van der Waals surface area contributed by atoms with Crippen LogP contribution in [0.4, 0.5) is 5.69 Å². The molecule has 0 unspecified atom stereocenters. The molecule has 0 radical (unpaired) electrons. The van der Waals surface area contributed by atoms with Crippen molar-refractivity contribution in [3.8, 4) is 11.3 Å². The molecule has 1 aromatic heterocycles. The number of hydrogen-bond acceptors (Lipinski definition) is 2. The maximum absolute atomic E-state index is 13.5. The highest BCUT2D eigenvalue weighted by atomic mass is 35.5. The Hall–Kier alpha value is -3.17. The number of amides is 1. The van der Waals surface area contributed by atoms with Crippen LogP contribution in [0.25, 0.3) is 22.2 Å². The third-order valence-electron chi connectivity index (χ3n) is 5.35. The highest BCUT2D eigenvalue weighted by Gasteiger charge is 2.17. The van der Waals surface area contributed by atoms with Gasteiger partial charge in [-0.3, -0.25) is 4.79 Å². The minimum Gasteiger partial charge on any atom is -0.321 e. The number of halogens is 1. The van der Waals surface area contributed by atoms with Gasteiger partial charge in [-0.05, 0) is 42.2 Å². The van der Waals surface area contributed by atoms with E-state index in [-0.39, 0.29) is 5.91 Å². The van der Waals surface area contributed by atoms with Gasteiger partial charge in [-0.15, -0.1) is 0 Å². The molecule has 0 aliphatic carbocycles. The third-order valence-corrected chi connectivity index (χ3v) is 5.68. The quantitative estimate of drug-likeness (QED) is 0.384. The van der Waals surface area contributed by atoms with Gasteiger partial charge in [0.2, 0.25) is 0 Å². The number of nitrogens with one attached hydrogen (secondary N) is 1. The molecule has 3 nitrogen and oxygen atoms in total. The Bertz CT molecular complexity index is 1210. The molecule has 0 fully saturated rings. The van der Waals surface area contributed by atoms with Crippen molar-refractivity contribution in [1.29, 1.82) is 0 Å². The zero-order chi connectivity index (χ0) is 21.1. The number of benzene rings is 3. The van der Waals surface area contributed by atoms with Crippen molar-refractivity contribution in [2.45, 2.75) is 26.7 Å². The van der Waals surface area contributed by atoms with Crippen molar-refractivity contribution < 1.29 is 4.79 Å². The molecule has 0 atom stereocenters. The molecule has 0 bridgehead atoms. The zero-order valence-electron chi connectivity index (χ0n) is 17.1. The van der Waals surface area contributed by atoms with Crippen molar-refractivity contribution >= 4 is 34.1 Å². The largest absolute Gasteiger partial charge is 0.321 e. The van der Waals surface area contributed by atoms with Gasteiger partial charge in [-0.1, -0.05) is 80.0 Å². The summed E-state index contributed by atoms with van der Waals surface area (Å²) in [5, 5.41) is 4.61. The Kier molecular flexibility index (Phi) is 5.82. The van der Waals surface area contributed by atoms with E-state index < -0.39 is 0 Å². The number of para-hydroxylation sites is 2. The van der Waals surface area contributed by atoms with Crippen LogP contribution in [0.15, 0.2) is 72.8 Å². The molecular formula is C26H23ClN2O. The fourth-order valence-corrected chi connectivity index (χ4v) is 3.99. The molecule has 0 aliphatic rings. The number of aryl methyl sites for hydroxylation is 2. The van der Waals surface area contributed by atoms with Gasteiger partial charge in [0.05, 0.1) is 16.8 Å². The van der Waals surface area contributed by atoms with Gasteiger partial charge in [-0.2, -0.15) is 0 Å². The maximum Gasteiger partial charge on any atom is 0.256 e. The van der Waals surface area contributed by atoms with E-state index in [0.717, 1.165) is 46.1 Å². The summed E-state index contributed by atoms with van der Waals surface area (Å²) in [6.07, 6.45) is 1.71. The topological polar surface area (TPSA) is 42.0 Å². The van der Waals surface area contributed by atoms with Crippen LogP contribution >= 0.6 is 11.6 Å². The predicted octanol–water partition coefficient (Wildman–Crippen LogP) is 6.93. The summed E-state index contributed by atoms with van der Waals surface area (Å²) in [6.45, 7) is 4.20. The van der Waals surface area contributed by atoms with Crippen molar-refractivity contribution in [3.63, 3.8) is 0 Å². The maximum atomic E-state index is 13.5. The molecule has 1 N–H and O–H groups in total. The van der Waals surface area contributed by atoms with E-state index in [1.807, 2.05) is 60.7 Å². The van der Waals surface area contributed by atoms with Crippen LogP contribution in [0, 0.1) is 0 Å². The lowest BCUT2D eigenvalue weighted by Crippen LogP contribution is -2.16. The second kappa shape index (κ2) is 8.68. The Morgan fingerprint density at radius 3 is 2.27 bits per heavy atom. The first kappa shape index (κ1) is 20.1. The van der Waals surface area contributed by atoms with Crippen molar-refractivity contribution in [3.05, 3.63) is 94.5 Å². The second-order valence-corrected chi connectivity index (χ2v) is 7.57. The molecule has 3 aromatic carbocycles. The number of anilines is 1. The average Bonchev–Trinajstić information content (AvgIpc) is 2.78. The molecule has 1 heterocycles. The first-order valence-electron chi connectivity index (χ1n) is 10.2. The molecule has 0 saturated heterocycles. The lowest BCUT2D eigenvalue weighted by Gasteiger charge is -2.16. The number of fused-ring (bicyclic) bond motifs is 1. The SMILES string of the molecule is CCc1cccc(CC)c1NC(=O)c1cc(-c2ccccc2Cl)nc2ccccc12. The summed E-state index contributed by atoms with van der Waals surface area (Å²) in [5.74, 6) is -0.141. The standard InChI is InChI=1S/C26H23ClN2O/c1-3-17-10-9-11-18(4-2)25(17)29-26(30)21-16-24(20-13-5-7-14-22(20)27)28-23-15-8-6-12-19(21)23/h5-16H,3-4H2,1-2H3,(H,29,30). The zero-order valence-corrected chi connectivity index (χ0v) is 17.8. The number of aromatic nitrogens is 1. The summed E-state index contributed by atoms with van der Waals surface area (Å²) in [7, 11) is 0. The van der Waals surface area contributed by atoms with E-state index in [9.17, 15) is 4.79 Å². The summed E-state index contributed by atoms with van der Waals surface area (Å²) >= 11 is 6.41. The minimum absolute atomic E-state index is 0.141. The van der Waals surface area contributed by atoms with Crippen molar-refractivity contribution in [2.75, 3.05) is 5.32 Å². The smallest absolute Gasteiger partial charge is 0.256 e. The Balaban J connectivity index is 1.85. The third kappa shape index (κ3) is 3.81. The van der Waals surface area contributed by atoms with Crippen LogP contribution in [-0.2, 0) is 12.8 Å². The van der Waals surface area contributed by atoms with Gasteiger partial charge >= 0.3 is 0 Å². The van der Waals surface area contributed by atoms with Gasteiger partial charge in [0.25, 0.3) is 5.91 Å². The van der Waals surface area contributed by atoms with Gasteiger partial charge in [-0.25, -0.2) is 4.98 Å². The summed E-state index contributed by atoms with van der Waals surface area (Å²) in [4.78, 5) is 18.2. The number of pyridine rings is 1. The van der Waals surface area contributed by atoms with Gasteiger partial charge in [0.1, 0.15) is 0 Å². The van der Waals surface area contributed by atoms with E-state index in [2.05, 4.69) is 31.3 Å². The molecule has 4 rings (SSSR count). The van der Waals surface area contributed by atoms with E-state index in [4.69, 9.17) is 16.6 Å². The fourth-order valence-electron chi connectivity index (χ4n) is 3.75. The molecule has 30 heavy (non-hydrogen) atoms. The molecule has 1 amide bonds. The van der Waals surface area contributed by atoms with Crippen LogP contribution in [0.1, 0.15) is 35.3 Å². The van der Waals surface area contributed by atoms with Gasteiger partial charge in [0.15, 0.2) is 0 Å². The lowest BCUT2D eigenvalue weighted by atomic mass is 10.0. The van der Waals surface area contributed by atoms with E-state index in [0.29, 0.717) is 16.3 Å². The molecule has 4 heteroatoms. The van der Waals surface area contributed by atoms with Gasteiger partial charge in [0, 0.05) is 21.7 Å². The lowest BCUT2D eigenvalue weighted by molar-refractivity contribution is 0.102. The molecule has 4 aromatic rings. The number of carbonyl (C=O) groups is 1. The number of rotatable bonds is 5. The second-order valence-electron chi connectivity index (χ2n) is 7.16. The monoisotopic (exact) mass is 414 g/mol. The van der Waals surface area contributed by atoms with Crippen LogP contribution in [0.3, 0.4) is 0 Å². The van der Waals surface area contributed by atoms with Crippen molar-refractivity contribution in [2.24, 2.45) is 0 Å². The number of hydrogen-bond donors (Lipinski definition) is 1. The first-order valence-corrected chi connectivity index (χ1v) is 10.6. The molecule has 0 saturated carbocycles. The fraction of sp³-hybridized carbons (Fsp3) is 0.154. The van der Waals surface area contributed by atoms with Crippen LogP contribution in [0.2, 0.25) is 5.02 Å². The summed E-state index contributed by atoms with van der Waals surface area (Å²) < 4.78 is 0. The molecular weight excluding hydrogens is 392 g/mol. The predicted molar refractivity (Wildman–Crippen MR) is 125 cm³/mol. The van der Waals surface area contributed by atoms with Crippen LogP contribution in [0.5, 0.6) is 0 Å². The Labute approximate surface area is 181 Å². The van der Waals surface area contributed by atoms with Gasteiger partial charge < -0.3 is 5.32 Å². The number of nitrogens with zero attached hydrogens (tertiary/aromatic N) is 1. The van der Waals surface area contributed by atoms with E-state index in [1.165, 1.54) is 0 Å². The van der Waals surface area contributed by atoms with Crippen LogP contribution in [-0.4, -0.2) is 10.9 Å². The average molecular weight is 415 g/mol. The Morgan fingerprint density at radius 2 is 1.57 bits per heavy atom. The summed E-state index contributed by atoms with van der Waals surface area (Å²) in [6, 6.07) is 23.3. The van der Waals surface area contributed by atoms with E-state index in [1.54, 1.807) is 0 Å². The molecule has 0 aliphatic heterocycles. The first-order chi connectivity index (χ1) is 14.6. The molecule has 0 spiro atoms. The molecule has 150 valence electrons. The normalized spacial score (nSPS) is 10.9. The highest BCUT2D eigenvalue weighted by Crippen LogP contribution is 2.31. The highest BCUT2D eigenvalue weighted by molar-refractivity contribution is 6.33. The van der Waals surface area contributed by atoms with Crippen molar-refractivity contribution in [1.82, 2.24) is 4.98 Å².